The predicted octanol–water partition coefficient (Wildman–Crippen LogP) is 6.99. The van der Waals surface area contributed by atoms with Crippen molar-refractivity contribution in [1.82, 2.24) is 19.5 Å². The van der Waals surface area contributed by atoms with Crippen LogP contribution >= 0.6 is 0 Å². The summed E-state index contributed by atoms with van der Waals surface area (Å²) in [5.74, 6) is 0.860. The lowest BCUT2D eigenvalue weighted by Crippen LogP contribution is -2.41. The summed E-state index contributed by atoms with van der Waals surface area (Å²) in [4.78, 5) is 14.5. The Hall–Kier alpha value is -4.31. The molecule has 4 atom stereocenters. The number of fused-ring (bicyclic) bond motifs is 2. The molecule has 1 N–H and O–H groups in total. The third kappa shape index (κ3) is 4.44. The number of ether oxygens (including phenoxy) is 4. The Morgan fingerprint density at radius 3 is 2.17 bits per heavy atom. The van der Waals surface area contributed by atoms with Crippen LogP contribution in [0.3, 0.4) is 0 Å². The number of imidazole rings is 1. The zero-order valence-electron chi connectivity index (χ0n) is 26.4. The van der Waals surface area contributed by atoms with Gasteiger partial charge in [-0.3, -0.25) is 4.57 Å². The van der Waals surface area contributed by atoms with Gasteiger partial charge in [0.25, 0.3) is 0 Å². The van der Waals surface area contributed by atoms with Gasteiger partial charge in [-0.05, 0) is 55.0 Å². The van der Waals surface area contributed by atoms with Crippen LogP contribution in [0.15, 0.2) is 97.6 Å². The van der Waals surface area contributed by atoms with Crippen LogP contribution in [0.1, 0.15) is 68.9 Å². The van der Waals surface area contributed by atoms with E-state index in [0.717, 1.165) is 54.5 Å². The minimum Gasteiger partial charge on any atom is -0.497 e. The first-order valence-corrected chi connectivity index (χ1v) is 16.2. The van der Waals surface area contributed by atoms with Gasteiger partial charge >= 0.3 is 0 Å². The van der Waals surface area contributed by atoms with Crippen molar-refractivity contribution in [3.63, 3.8) is 0 Å². The maximum Gasteiger partial charge on any atom is 0.170 e. The highest BCUT2D eigenvalue weighted by molar-refractivity contribution is 5.84. The Bertz CT molecular complexity index is 1780. The van der Waals surface area contributed by atoms with Crippen molar-refractivity contribution in [3.8, 4) is 5.75 Å². The molecule has 4 heterocycles. The van der Waals surface area contributed by atoms with E-state index in [1.807, 2.05) is 28.8 Å². The third-order valence-electron chi connectivity index (χ3n) is 10.1. The monoisotopic (exact) mass is 617 g/mol. The molecular formula is C37H39N5O4. The number of rotatable bonds is 8. The van der Waals surface area contributed by atoms with Crippen molar-refractivity contribution in [2.24, 2.45) is 0 Å². The molecule has 0 bridgehead atoms. The second-order valence-electron chi connectivity index (χ2n) is 12.8. The number of nitrogens with zero attached hydrogens (tertiary/aromatic N) is 4. The topological polar surface area (TPSA) is 92.6 Å². The SMILES string of the molecule is CC[C@H]1O[C@@H](n2cnc3c(NC(c4ccccc4)(c4ccccc4)c4ccc(OC)cc4)ncnc32)[C@]2(C)OC3(CCCC3)O[C@H]12. The van der Waals surface area contributed by atoms with Crippen LogP contribution < -0.4 is 10.1 Å². The van der Waals surface area contributed by atoms with Crippen LogP contribution in [-0.4, -0.2) is 50.2 Å². The van der Waals surface area contributed by atoms with Gasteiger partial charge in [-0.25, -0.2) is 15.0 Å². The molecule has 0 unspecified atom stereocenters. The van der Waals surface area contributed by atoms with Gasteiger partial charge in [0.2, 0.25) is 0 Å². The van der Waals surface area contributed by atoms with Gasteiger partial charge in [-0.1, -0.05) is 79.7 Å². The minimum atomic E-state index is -0.814. The van der Waals surface area contributed by atoms with E-state index in [-0.39, 0.29) is 12.2 Å². The number of benzene rings is 3. The predicted molar refractivity (Wildman–Crippen MR) is 174 cm³/mol. The van der Waals surface area contributed by atoms with Crippen molar-refractivity contribution in [2.45, 2.75) is 81.3 Å². The van der Waals surface area contributed by atoms with Crippen LogP contribution in [-0.2, 0) is 19.7 Å². The standard InChI is InChI=1S/C37H39N5O4/c1-4-29-31-35(2,46-36(45-31)21-11-12-22-36)34(44-29)42-24-40-30-32(38-23-39-33(30)42)41-37(25-13-7-5-8-14-25,26-15-9-6-10-16-26)27-17-19-28(43-3)20-18-27/h5-10,13-20,23-24,29,31,34H,4,11-12,21-22H2,1-3H3,(H,38,39,41)/t29-,31-,34-,35-/m1/s1. The quantitative estimate of drug-likeness (QED) is 0.186. The first-order chi connectivity index (χ1) is 22.5. The average Bonchev–Trinajstić information content (AvgIpc) is 3.87. The molecule has 1 spiro atoms. The zero-order valence-corrected chi connectivity index (χ0v) is 26.4. The van der Waals surface area contributed by atoms with E-state index in [0.29, 0.717) is 17.0 Å². The van der Waals surface area contributed by atoms with E-state index in [1.54, 1.807) is 19.8 Å². The van der Waals surface area contributed by atoms with Gasteiger partial charge in [0, 0.05) is 12.8 Å². The molecule has 2 aliphatic heterocycles. The number of anilines is 1. The Morgan fingerprint density at radius 2 is 1.54 bits per heavy atom. The molecular weight excluding hydrogens is 578 g/mol. The van der Waals surface area contributed by atoms with E-state index in [4.69, 9.17) is 33.9 Å². The fourth-order valence-corrected chi connectivity index (χ4v) is 7.85. The first-order valence-electron chi connectivity index (χ1n) is 16.2. The largest absolute Gasteiger partial charge is 0.497 e. The molecule has 0 amide bonds. The van der Waals surface area contributed by atoms with Gasteiger partial charge < -0.3 is 24.3 Å². The van der Waals surface area contributed by atoms with E-state index >= 15 is 0 Å². The average molecular weight is 618 g/mol. The van der Waals surface area contributed by atoms with Gasteiger partial charge in [0.05, 0.1) is 19.5 Å². The summed E-state index contributed by atoms with van der Waals surface area (Å²) in [5, 5.41) is 3.88. The van der Waals surface area contributed by atoms with Crippen LogP contribution in [0.4, 0.5) is 5.82 Å². The smallest absolute Gasteiger partial charge is 0.170 e. The van der Waals surface area contributed by atoms with Gasteiger partial charge in [0.1, 0.15) is 29.3 Å². The Kier molecular flexibility index (Phi) is 7.08. The van der Waals surface area contributed by atoms with E-state index < -0.39 is 23.2 Å². The summed E-state index contributed by atoms with van der Waals surface area (Å²) in [5.41, 5.74) is 2.94. The fourth-order valence-electron chi connectivity index (χ4n) is 7.85. The summed E-state index contributed by atoms with van der Waals surface area (Å²) in [7, 11) is 1.68. The number of hydrogen-bond acceptors (Lipinski definition) is 8. The number of nitrogens with one attached hydrogen (secondary N) is 1. The van der Waals surface area contributed by atoms with Gasteiger partial charge in [-0.2, -0.15) is 0 Å². The molecule has 46 heavy (non-hydrogen) atoms. The highest BCUT2D eigenvalue weighted by Gasteiger charge is 2.66. The fraction of sp³-hybridized carbons (Fsp3) is 0.378. The molecule has 5 aromatic rings. The highest BCUT2D eigenvalue weighted by atomic mass is 16.8. The molecule has 0 radical (unpaired) electrons. The normalized spacial score (nSPS) is 25.2. The van der Waals surface area contributed by atoms with Crippen molar-refractivity contribution in [2.75, 3.05) is 12.4 Å². The summed E-state index contributed by atoms with van der Waals surface area (Å²) in [6.45, 7) is 4.26. The number of aromatic nitrogens is 4. The van der Waals surface area contributed by atoms with E-state index in [2.05, 4.69) is 79.8 Å². The molecule has 1 aliphatic carbocycles. The Balaban J connectivity index is 1.26. The molecule has 236 valence electrons. The number of hydrogen-bond donors (Lipinski definition) is 1. The van der Waals surface area contributed by atoms with Gasteiger partial charge in [-0.15, -0.1) is 0 Å². The summed E-state index contributed by atoms with van der Waals surface area (Å²) < 4.78 is 27.8. The van der Waals surface area contributed by atoms with Crippen molar-refractivity contribution in [3.05, 3.63) is 114 Å². The third-order valence-corrected chi connectivity index (χ3v) is 10.1. The lowest BCUT2D eigenvalue weighted by atomic mass is 9.77. The summed E-state index contributed by atoms with van der Waals surface area (Å²) in [6.07, 6.45) is 7.55. The van der Waals surface area contributed by atoms with Crippen molar-refractivity contribution >= 4 is 17.0 Å². The molecule has 3 aromatic carbocycles. The summed E-state index contributed by atoms with van der Waals surface area (Å²) >= 11 is 0. The van der Waals surface area contributed by atoms with Gasteiger partial charge in [0.15, 0.2) is 29.0 Å². The van der Waals surface area contributed by atoms with Crippen molar-refractivity contribution in [1.29, 1.82) is 0 Å². The molecule has 9 nitrogen and oxygen atoms in total. The molecule has 3 fully saturated rings. The molecule has 8 rings (SSSR count). The highest BCUT2D eigenvalue weighted by Crippen LogP contribution is 2.56. The molecule has 2 aromatic heterocycles. The zero-order chi connectivity index (χ0) is 31.4. The van der Waals surface area contributed by atoms with E-state index in [1.165, 1.54) is 0 Å². The maximum absolute atomic E-state index is 6.88. The molecule has 3 aliphatic rings. The van der Waals surface area contributed by atoms with Crippen LogP contribution in [0.25, 0.3) is 11.2 Å². The van der Waals surface area contributed by atoms with Crippen molar-refractivity contribution < 1.29 is 18.9 Å². The first kappa shape index (κ1) is 29.1. The number of methoxy groups -OCH3 is 1. The maximum atomic E-state index is 6.88. The van der Waals surface area contributed by atoms with Crippen LogP contribution in [0, 0.1) is 0 Å². The molecule has 1 saturated carbocycles. The second kappa shape index (κ2) is 11.2. The molecule has 2 saturated heterocycles. The summed E-state index contributed by atoms with van der Waals surface area (Å²) in [6, 6.07) is 29.0. The van der Waals surface area contributed by atoms with Crippen LogP contribution in [0.2, 0.25) is 0 Å². The lowest BCUT2D eigenvalue weighted by Gasteiger charge is -2.37. The Morgan fingerprint density at radius 1 is 0.891 bits per heavy atom. The second-order valence-corrected chi connectivity index (χ2v) is 12.8. The minimum absolute atomic E-state index is 0.0919. The molecule has 9 heteroatoms. The Labute approximate surface area is 268 Å². The van der Waals surface area contributed by atoms with E-state index in [9.17, 15) is 0 Å². The van der Waals surface area contributed by atoms with Crippen LogP contribution in [0.5, 0.6) is 5.75 Å². The lowest BCUT2D eigenvalue weighted by molar-refractivity contribution is -0.229.